The Morgan fingerprint density at radius 2 is 1.90 bits per heavy atom. The number of imidazole rings is 1. The quantitative estimate of drug-likeness (QED) is 0.400. The maximum atomic E-state index is 14.3. The zero-order chi connectivity index (χ0) is 22.1. The summed E-state index contributed by atoms with van der Waals surface area (Å²) in [5, 5.41) is 6.05. The summed E-state index contributed by atoms with van der Waals surface area (Å²) in [5.41, 5.74) is 1.58. The van der Waals surface area contributed by atoms with Gasteiger partial charge in [0.25, 0.3) is 5.91 Å². The summed E-state index contributed by atoms with van der Waals surface area (Å²) in [6.07, 6.45) is 4.16. The van der Waals surface area contributed by atoms with Crippen LogP contribution >= 0.6 is 23.2 Å². The number of amides is 1. The van der Waals surface area contributed by atoms with Gasteiger partial charge in [-0.25, -0.2) is 9.37 Å². The van der Waals surface area contributed by atoms with Crippen LogP contribution in [0.15, 0.2) is 24.3 Å². The predicted octanol–water partition coefficient (Wildman–Crippen LogP) is 6.07. The van der Waals surface area contributed by atoms with Crippen molar-refractivity contribution in [2.24, 2.45) is 5.92 Å². The highest BCUT2D eigenvalue weighted by atomic mass is 35.5. The number of fused-ring (bicyclic) bond motifs is 1. The third-order valence-corrected chi connectivity index (χ3v) is 6.29. The summed E-state index contributed by atoms with van der Waals surface area (Å²) in [5.74, 6) is 0.524. The smallest absolute Gasteiger partial charge is 0.255 e. The average Bonchev–Trinajstić information content (AvgIpc) is 3.16. The van der Waals surface area contributed by atoms with Gasteiger partial charge in [0.05, 0.1) is 39.4 Å². The van der Waals surface area contributed by atoms with E-state index in [9.17, 15) is 9.18 Å². The molecule has 0 aliphatic heterocycles. The first-order chi connectivity index (χ1) is 14.9. The molecule has 31 heavy (non-hydrogen) atoms. The van der Waals surface area contributed by atoms with Gasteiger partial charge < -0.3 is 20.4 Å². The lowest BCUT2D eigenvalue weighted by atomic mass is 9.87. The number of aromatic nitrogens is 2. The third-order valence-electron chi connectivity index (χ3n) is 5.69. The van der Waals surface area contributed by atoms with E-state index < -0.39 is 5.82 Å². The van der Waals surface area contributed by atoms with E-state index in [1.807, 2.05) is 0 Å². The van der Waals surface area contributed by atoms with Crippen molar-refractivity contribution in [1.82, 2.24) is 15.3 Å². The molecule has 0 spiro atoms. The summed E-state index contributed by atoms with van der Waals surface area (Å²) in [6.45, 7) is 2.24. The Labute approximate surface area is 189 Å². The number of hydrogen-bond donors (Lipinski definition) is 3. The highest BCUT2D eigenvalue weighted by Crippen LogP contribution is 2.33. The fraction of sp³-hybridized carbons (Fsp3) is 0.364. The molecule has 1 aliphatic rings. The fourth-order valence-electron chi connectivity index (χ4n) is 3.87. The Bertz CT molecular complexity index is 1130. The molecule has 1 aromatic heterocycles. The van der Waals surface area contributed by atoms with Crippen molar-refractivity contribution < 1.29 is 13.9 Å². The van der Waals surface area contributed by atoms with E-state index in [0.29, 0.717) is 28.3 Å². The van der Waals surface area contributed by atoms with E-state index in [1.54, 1.807) is 12.1 Å². The summed E-state index contributed by atoms with van der Waals surface area (Å²) in [7, 11) is 1.51. The molecule has 0 unspecified atom stereocenters. The molecule has 4 rings (SSSR count). The second-order valence-electron chi connectivity index (χ2n) is 7.93. The Morgan fingerprint density at radius 3 is 2.61 bits per heavy atom. The molecule has 1 heterocycles. The highest BCUT2D eigenvalue weighted by molar-refractivity contribution is 6.35. The Hall–Kier alpha value is -2.51. The van der Waals surface area contributed by atoms with Gasteiger partial charge in [-0.3, -0.25) is 4.79 Å². The molecule has 1 saturated carbocycles. The number of carbonyl (C=O) groups is 1. The lowest BCUT2D eigenvalue weighted by molar-refractivity contribution is 0.0920. The molecule has 1 amide bonds. The molecular weight excluding hydrogens is 442 g/mol. The van der Waals surface area contributed by atoms with Gasteiger partial charge in [-0.15, -0.1) is 0 Å². The molecule has 0 atom stereocenters. The lowest BCUT2D eigenvalue weighted by Crippen LogP contribution is -2.37. The van der Waals surface area contributed by atoms with Crippen LogP contribution in [-0.4, -0.2) is 29.0 Å². The SMILES string of the molecule is COc1cc2[nH]c(Nc3c(Cl)ccc(Cl)c3F)nc2cc1C(=O)N[C@H]1CC[C@H](C)CC1. The molecular formula is C22H23Cl2FN4O2. The van der Waals surface area contributed by atoms with E-state index in [0.717, 1.165) is 25.7 Å². The van der Waals surface area contributed by atoms with E-state index in [4.69, 9.17) is 27.9 Å². The van der Waals surface area contributed by atoms with Crippen LogP contribution in [0.1, 0.15) is 43.0 Å². The van der Waals surface area contributed by atoms with Crippen molar-refractivity contribution in [3.63, 3.8) is 0 Å². The van der Waals surface area contributed by atoms with Crippen LogP contribution in [0.4, 0.5) is 16.0 Å². The van der Waals surface area contributed by atoms with Crippen LogP contribution in [-0.2, 0) is 0 Å². The van der Waals surface area contributed by atoms with Crippen molar-refractivity contribution in [2.75, 3.05) is 12.4 Å². The van der Waals surface area contributed by atoms with Crippen LogP contribution in [0, 0.1) is 11.7 Å². The maximum Gasteiger partial charge on any atom is 0.255 e. The lowest BCUT2D eigenvalue weighted by Gasteiger charge is -2.27. The van der Waals surface area contributed by atoms with Crippen molar-refractivity contribution in [2.45, 2.75) is 38.6 Å². The zero-order valence-corrected chi connectivity index (χ0v) is 18.7. The molecule has 6 nitrogen and oxygen atoms in total. The Morgan fingerprint density at radius 1 is 1.19 bits per heavy atom. The van der Waals surface area contributed by atoms with Crippen molar-refractivity contribution >= 4 is 51.8 Å². The largest absolute Gasteiger partial charge is 0.496 e. The number of ether oxygens (including phenoxy) is 1. The van der Waals surface area contributed by atoms with Gasteiger partial charge in [0, 0.05) is 12.1 Å². The minimum absolute atomic E-state index is 0.0182. The van der Waals surface area contributed by atoms with Gasteiger partial charge in [0.2, 0.25) is 5.95 Å². The number of H-pyrrole nitrogens is 1. The number of benzene rings is 2. The molecule has 3 N–H and O–H groups in total. The van der Waals surface area contributed by atoms with Crippen LogP contribution in [0.3, 0.4) is 0 Å². The number of rotatable bonds is 5. The minimum atomic E-state index is -0.672. The van der Waals surface area contributed by atoms with Gasteiger partial charge in [0.1, 0.15) is 5.75 Å². The first-order valence-corrected chi connectivity index (χ1v) is 10.9. The van der Waals surface area contributed by atoms with Crippen LogP contribution in [0.25, 0.3) is 11.0 Å². The summed E-state index contributed by atoms with van der Waals surface area (Å²) >= 11 is 11.9. The average molecular weight is 465 g/mol. The number of anilines is 2. The summed E-state index contributed by atoms with van der Waals surface area (Å²) < 4.78 is 19.8. The number of nitrogens with zero attached hydrogens (tertiary/aromatic N) is 1. The number of methoxy groups -OCH3 is 1. The molecule has 9 heteroatoms. The van der Waals surface area contributed by atoms with Gasteiger partial charge in [-0.05, 0) is 49.8 Å². The maximum absolute atomic E-state index is 14.3. The van der Waals surface area contributed by atoms with Crippen LogP contribution in [0.2, 0.25) is 10.0 Å². The monoisotopic (exact) mass is 464 g/mol. The van der Waals surface area contributed by atoms with Gasteiger partial charge in [-0.1, -0.05) is 30.1 Å². The first-order valence-electron chi connectivity index (χ1n) is 10.1. The number of halogens is 3. The second kappa shape index (κ2) is 8.93. The molecule has 164 valence electrons. The molecule has 2 aromatic carbocycles. The molecule has 1 fully saturated rings. The fourth-order valence-corrected chi connectivity index (χ4v) is 4.22. The summed E-state index contributed by atoms with van der Waals surface area (Å²) in [6, 6.07) is 6.39. The molecule has 3 aromatic rings. The normalized spacial score (nSPS) is 18.7. The standard InChI is InChI=1S/C22H23Cl2FN4O2/c1-11-3-5-12(6-4-11)26-21(30)13-9-16-17(10-18(13)31-2)28-22(27-16)29-20-15(24)8-7-14(23)19(20)25/h7-12H,3-6H2,1-2H3,(H,26,30)(H2,27,28,29)/t11-,12-. The predicted molar refractivity (Wildman–Crippen MR) is 121 cm³/mol. The number of carbonyl (C=O) groups excluding carboxylic acids is 1. The van der Waals surface area contributed by atoms with E-state index in [2.05, 4.69) is 27.5 Å². The third kappa shape index (κ3) is 4.57. The minimum Gasteiger partial charge on any atom is -0.496 e. The zero-order valence-electron chi connectivity index (χ0n) is 17.2. The molecule has 1 aliphatic carbocycles. The van der Waals surface area contributed by atoms with E-state index >= 15 is 0 Å². The highest BCUT2D eigenvalue weighted by Gasteiger charge is 2.23. The Balaban J connectivity index is 1.60. The molecule has 0 bridgehead atoms. The van der Waals surface area contributed by atoms with Crippen LogP contribution in [0.5, 0.6) is 5.75 Å². The first kappa shape index (κ1) is 21.7. The number of aromatic amines is 1. The second-order valence-corrected chi connectivity index (χ2v) is 8.74. The Kier molecular flexibility index (Phi) is 6.25. The van der Waals surface area contributed by atoms with Crippen molar-refractivity contribution in [3.05, 3.63) is 45.7 Å². The van der Waals surface area contributed by atoms with Gasteiger partial charge >= 0.3 is 0 Å². The topological polar surface area (TPSA) is 79.0 Å². The molecule has 0 radical (unpaired) electrons. The van der Waals surface area contributed by atoms with Crippen molar-refractivity contribution in [1.29, 1.82) is 0 Å². The van der Waals surface area contributed by atoms with Gasteiger partial charge in [0.15, 0.2) is 5.82 Å². The van der Waals surface area contributed by atoms with Crippen LogP contribution < -0.4 is 15.4 Å². The summed E-state index contributed by atoms with van der Waals surface area (Å²) in [4.78, 5) is 20.4. The number of hydrogen-bond acceptors (Lipinski definition) is 4. The van der Waals surface area contributed by atoms with Crippen molar-refractivity contribution in [3.8, 4) is 5.75 Å². The van der Waals surface area contributed by atoms with E-state index in [-0.39, 0.29) is 33.6 Å². The van der Waals surface area contributed by atoms with E-state index in [1.165, 1.54) is 19.2 Å². The van der Waals surface area contributed by atoms with Gasteiger partial charge in [-0.2, -0.15) is 0 Å². The number of nitrogens with one attached hydrogen (secondary N) is 3. The molecule has 0 saturated heterocycles.